The lowest BCUT2D eigenvalue weighted by atomic mass is 10.2. The average molecular weight is 213 g/mol. The maximum absolute atomic E-state index is 3.96. The third-order valence-corrected chi connectivity index (χ3v) is 2.00. The Kier molecular flexibility index (Phi) is 7.25. The van der Waals surface area contributed by atoms with Crippen LogP contribution in [0.3, 0.4) is 0 Å². The Morgan fingerprint density at radius 1 is 1.19 bits per heavy atom. The summed E-state index contributed by atoms with van der Waals surface area (Å²) in [7, 11) is 1.99. The van der Waals surface area contributed by atoms with Gasteiger partial charge in [0.05, 0.1) is 0 Å². The second-order valence-electron chi connectivity index (χ2n) is 2.98. The number of rotatable bonds is 4. The fourth-order valence-electron chi connectivity index (χ4n) is 1.11. The predicted molar refractivity (Wildman–Crippen MR) is 74.6 cm³/mol. The highest BCUT2D eigenvalue weighted by atomic mass is 15.1. The Labute approximate surface area is 98.7 Å². The summed E-state index contributed by atoms with van der Waals surface area (Å²) < 4.78 is 0. The van der Waals surface area contributed by atoms with Crippen molar-refractivity contribution in [3.8, 4) is 0 Å². The number of allylic oxidation sites excluding steroid dienone is 3. The van der Waals surface area contributed by atoms with Crippen LogP contribution in [0.25, 0.3) is 0 Å². The van der Waals surface area contributed by atoms with Crippen LogP contribution >= 0.6 is 0 Å². The molecule has 0 heterocycles. The highest BCUT2D eigenvalue weighted by Crippen LogP contribution is 2.15. The van der Waals surface area contributed by atoms with Gasteiger partial charge >= 0.3 is 0 Å². The van der Waals surface area contributed by atoms with Crippen LogP contribution < -0.4 is 4.90 Å². The average Bonchev–Trinajstić information content (AvgIpc) is 2.38. The van der Waals surface area contributed by atoms with E-state index in [1.54, 1.807) is 6.08 Å². The molecule has 0 atom stereocenters. The van der Waals surface area contributed by atoms with Gasteiger partial charge in [-0.2, -0.15) is 0 Å². The van der Waals surface area contributed by atoms with Crippen LogP contribution in [0.15, 0.2) is 80.6 Å². The molecule has 0 N–H and O–H groups in total. The van der Waals surface area contributed by atoms with Gasteiger partial charge in [-0.05, 0) is 18.2 Å². The van der Waals surface area contributed by atoms with Crippen LogP contribution in [0.2, 0.25) is 0 Å². The largest absolute Gasteiger partial charge is 0.345 e. The van der Waals surface area contributed by atoms with E-state index in [0.29, 0.717) is 0 Å². The molecule has 1 rings (SSSR count). The molecule has 1 heteroatoms. The Morgan fingerprint density at radius 3 is 2.25 bits per heavy atom. The Balaban J connectivity index is 0.00000106. The molecule has 0 aliphatic heterocycles. The van der Waals surface area contributed by atoms with Gasteiger partial charge in [0.25, 0.3) is 0 Å². The number of anilines is 1. The molecule has 0 aliphatic carbocycles. The predicted octanol–water partition coefficient (Wildman–Crippen LogP) is 4.18. The zero-order valence-corrected chi connectivity index (χ0v) is 9.89. The molecule has 0 saturated carbocycles. The van der Waals surface area contributed by atoms with E-state index >= 15 is 0 Å². The standard InChI is InChI=1S/C13H15N.C2H4/c1-4-5-9-12(2)14(3)13-10-7-6-8-11-13;1-2/h4-11H,1-2H2,3H3;1-2H2/b9-5-;. The molecule has 0 radical (unpaired) electrons. The van der Waals surface area contributed by atoms with Crippen LogP contribution in [0.4, 0.5) is 5.69 Å². The minimum absolute atomic E-state index is 0.941. The fourth-order valence-corrected chi connectivity index (χ4v) is 1.11. The first-order chi connectivity index (χ1) is 7.75. The van der Waals surface area contributed by atoms with Crippen LogP contribution in [-0.4, -0.2) is 7.05 Å². The molecule has 16 heavy (non-hydrogen) atoms. The number of likely N-dealkylation sites (N-methyl/N-ethyl adjacent to an activating group) is 1. The van der Waals surface area contributed by atoms with Crippen LogP contribution in [0.5, 0.6) is 0 Å². The Morgan fingerprint density at radius 2 is 1.75 bits per heavy atom. The van der Waals surface area contributed by atoms with E-state index in [9.17, 15) is 0 Å². The lowest BCUT2D eigenvalue weighted by Gasteiger charge is -2.19. The second kappa shape index (κ2) is 8.30. The molecule has 1 aromatic carbocycles. The highest BCUT2D eigenvalue weighted by Gasteiger charge is 1.99. The first-order valence-corrected chi connectivity index (χ1v) is 5.02. The second-order valence-corrected chi connectivity index (χ2v) is 2.98. The van der Waals surface area contributed by atoms with E-state index < -0.39 is 0 Å². The van der Waals surface area contributed by atoms with Crippen LogP contribution in [0, 0.1) is 0 Å². The van der Waals surface area contributed by atoms with Crippen molar-refractivity contribution in [1.82, 2.24) is 0 Å². The summed E-state index contributed by atoms with van der Waals surface area (Å²) in [6.07, 6.45) is 5.55. The van der Waals surface area contributed by atoms with Crippen LogP contribution in [0.1, 0.15) is 0 Å². The molecule has 0 saturated heterocycles. The maximum atomic E-state index is 3.96. The van der Waals surface area contributed by atoms with Gasteiger partial charge in [0.2, 0.25) is 0 Å². The van der Waals surface area contributed by atoms with Crippen molar-refractivity contribution in [2.75, 3.05) is 11.9 Å². The first-order valence-electron chi connectivity index (χ1n) is 5.02. The summed E-state index contributed by atoms with van der Waals surface area (Å²) in [5.74, 6) is 0. The van der Waals surface area contributed by atoms with Gasteiger partial charge in [-0.1, -0.05) is 43.5 Å². The molecular weight excluding hydrogens is 194 g/mol. The van der Waals surface area contributed by atoms with Gasteiger partial charge in [0, 0.05) is 18.4 Å². The molecule has 0 unspecified atom stereocenters. The first kappa shape index (κ1) is 14.0. The smallest absolute Gasteiger partial charge is 0.0407 e. The summed E-state index contributed by atoms with van der Waals surface area (Å²) in [5, 5.41) is 0. The van der Waals surface area contributed by atoms with Crippen molar-refractivity contribution in [3.63, 3.8) is 0 Å². The van der Waals surface area contributed by atoms with E-state index in [2.05, 4.69) is 26.3 Å². The van der Waals surface area contributed by atoms with Gasteiger partial charge in [0.1, 0.15) is 0 Å². The molecule has 0 aliphatic rings. The van der Waals surface area contributed by atoms with Crippen molar-refractivity contribution in [3.05, 3.63) is 80.6 Å². The molecule has 0 bridgehead atoms. The van der Waals surface area contributed by atoms with Crippen molar-refractivity contribution in [1.29, 1.82) is 0 Å². The fraction of sp³-hybridized carbons (Fsp3) is 0.0667. The Bertz CT molecular complexity index is 349. The van der Waals surface area contributed by atoms with Crippen molar-refractivity contribution in [2.24, 2.45) is 0 Å². The number of hydrogen-bond donors (Lipinski definition) is 0. The number of nitrogens with zero attached hydrogens (tertiary/aromatic N) is 1. The van der Waals surface area contributed by atoms with Gasteiger partial charge in [-0.15, -0.1) is 13.2 Å². The van der Waals surface area contributed by atoms with Crippen molar-refractivity contribution >= 4 is 5.69 Å². The van der Waals surface area contributed by atoms with E-state index in [4.69, 9.17) is 0 Å². The maximum Gasteiger partial charge on any atom is 0.0407 e. The minimum atomic E-state index is 0.941. The summed E-state index contributed by atoms with van der Waals surface area (Å²) in [6, 6.07) is 10.1. The van der Waals surface area contributed by atoms with Gasteiger partial charge in [-0.3, -0.25) is 0 Å². The summed E-state index contributed by atoms with van der Waals surface area (Å²) in [6.45, 7) is 13.6. The Hall–Kier alpha value is -2.02. The summed E-state index contributed by atoms with van der Waals surface area (Å²) in [5.41, 5.74) is 2.07. The van der Waals surface area contributed by atoms with E-state index in [0.717, 1.165) is 11.4 Å². The third kappa shape index (κ3) is 4.47. The third-order valence-electron chi connectivity index (χ3n) is 2.00. The lowest BCUT2D eigenvalue weighted by molar-refractivity contribution is 1.15. The van der Waals surface area contributed by atoms with Crippen molar-refractivity contribution in [2.45, 2.75) is 0 Å². The number of hydrogen-bond acceptors (Lipinski definition) is 1. The minimum Gasteiger partial charge on any atom is -0.345 e. The summed E-state index contributed by atoms with van der Waals surface area (Å²) in [4.78, 5) is 2.03. The monoisotopic (exact) mass is 213 g/mol. The lowest BCUT2D eigenvalue weighted by Crippen LogP contribution is -2.13. The quantitative estimate of drug-likeness (QED) is 0.535. The van der Waals surface area contributed by atoms with E-state index in [1.165, 1.54) is 0 Å². The van der Waals surface area contributed by atoms with Gasteiger partial charge in [0.15, 0.2) is 0 Å². The highest BCUT2D eigenvalue weighted by molar-refractivity contribution is 5.52. The van der Waals surface area contributed by atoms with Gasteiger partial charge in [-0.25, -0.2) is 0 Å². The van der Waals surface area contributed by atoms with E-state index in [1.807, 2.05) is 54.4 Å². The number of para-hydroxylation sites is 1. The molecule has 0 fully saturated rings. The molecule has 0 amide bonds. The molecule has 0 aromatic heterocycles. The molecule has 1 nitrogen and oxygen atoms in total. The summed E-state index contributed by atoms with van der Waals surface area (Å²) >= 11 is 0. The topological polar surface area (TPSA) is 3.24 Å². The van der Waals surface area contributed by atoms with Crippen LogP contribution in [-0.2, 0) is 0 Å². The van der Waals surface area contributed by atoms with E-state index in [-0.39, 0.29) is 0 Å². The molecule has 0 spiro atoms. The number of benzene rings is 1. The SMILES string of the molecule is C=C.C=C/C=C\C(=C)N(C)c1ccccc1. The molecular formula is C15H19N. The molecule has 1 aromatic rings. The van der Waals surface area contributed by atoms with Gasteiger partial charge < -0.3 is 4.90 Å². The normalized spacial score (nSPS) is 9.06. The van der Waals surface area contributed by atoms with Crippen molar-refractivity contribution < 1.29 is 0 Å². The molecule has 84 valence electrons. The zero-order valence-electron chi connectivity index (χ0n) is 9.89. The zero-order chi connectivity index (χ0) is 12.4.